The van der Waals surface area contributed by atoms with E-state index in [1.807, 2.05) is 0 Å². The van der Waals surface area contributed by atoms with Crippen LogP contribution in [-0.2, 0) is 4.74 Å². The van der Waals surface area contributed by atoms with Gasteiger partial charge in [0.2, 0.25) is 0 Å². The van der Waals surface area contributed by atoms with Crippen LogP contribution in [0.25, 0.3) is 0 Å². The summed E-state index contributed by atoms with van der Waals surface area (Å²) in [5.41, 5.74) is 2.59. The minimum Gasteiger partial charge on any atom is -0.385 e. The molecule has 1 unspecified atom stereocenters. The van der Waals surface area contributed by atoms with Gasteiger partial charge in [0.05, 0.1) is 6.61 Å². The molecule has 2 aliphatic heterocycles. The lowest BCUT2D eigenvalue weighted by Crippen LogP contribution is -2.24. The molecule has 0 amide bonds. The summed E-state index contributed by atoms with van der Waals surface area (Å²) in [7, 11) is 0. The van der Waals surface area contributed by atoms with E-state index in [-0.39, 0.29) is 0 Å². The molecule has 0 bridgehead atoms. The van der Waals surface area contributed by atoms with Crippen molar-refractivity contribution in [2.75, 3.05) is 43.1 Å². The first-order valence-electron chi connectivity index (χ1n) is 7.58. The average Bonchev–Trinajstić information content (AvgIpc) is 3.01. The maximum atomic E-state index is 5.51. The number of nitrogens with zero attached hydrogens (tertiary/aromatic N) is 1. The molecule has 1 N–H and O–H groups in total. The first-order valence-corrected chi connectivity index (χ1v) is 7.58. The number of hydrogen-bond donors (Lipinski definition) is 1. The molecule has 2 aliphatic rings. The normalized spacial score (nSPS) is 23.6. The zero-order valence-corrected chi connectivity index (χ0v) is 11.6. The Balaban J connectivity index is 1.50. The van der Waals surface area contributed by atoms with Gasteiger partial charge in [-0.05, 0) is 55.9 Å². The monoisotopic (exact) mass is 260 g/mol. The van der Waals surface area contributed by atoms with Gasteiger partial charge in [-0.1, -0.05) is 0 Å². The molecule has 3 rings (SSSR count). The van der Waals surface area contributed by atoms with E-state index in [9.17, 15) is 0 Å². The van der Waals surface area contributed by atoms with E-state index < -0.39 is 0 Å². The van der Waals surface area contributed by atoms with Crippen LogP contribution in [0.3, 0.4) is 0 Å². The summed E-state index contributed by atoms with van der Waals surface area (Å²) in [5, 5.41) is 3.53. The molecule has 1 aromatic rings. The van der Waals surface area contributed by atoms with Gasteiger partial charge in [0.15, 0.2) is 0 Å². The molecule has 0 spiro atoms. The number of benzene rings is 1. The summed E-state index contributed by atoms with van der Waals surface area (Å²) in [6.45, 7) is 5.32. The molecular formula is C16H24N2O. The van der Waals surface area contributed by atoms with Crippen LogP contribution in [0.2, 0.25) is 0 Å². The Morgan fingerprint density at radius 2 is 1.89 bits per heavy atom. The molecule has 3 heteroatoms. The van der Waals surface area contributed by atoms with Crippen molar-refractivity contribution in [3.63, 3.8) is 0 Å². The lowest BCUT2D eigenvalue weighted by molar-refractivity contribution is 0.0595. The quantitative estimate of drug-likeness (QED) is 0.900. The zero-order valence-electron chi connectivity index (χ0n) is 11.6. The molecule has 2 fully saturated rings. The van der Waals surface area contributed by atoms with E-state index in [4.69, 9.17) is 4.74 Å². The fourth-order valence-electron chi connectivity index (χ4n) is 3.00. The summed E-state index contributed by atoms with van der Waals surface area (Å²) < 4.78 is 5.51. The summed E-state index contributed by atoms with van der Waals surface area (Å²) in [5.74, 6) is 0.673. The third-order valence-electron chi connectivity index (χ3n) is 4.19. The number of nitrogens with one attached hydrogen (secondary N) is 1. The summed E-state index contributed by atoms with van der Waals surface area (Å²) >= 11 is 0. The third-order valence-corrected chi connectivity index (χ3v) is 4.19. The van der Waals surface area contributed by atoms with Gasteiger partial charge in [-0.15, -0.1) is 0 Å². The van der Waals surface area contributed by atoms with Gasteiger partial charge in [-0.25, -0.2) is 0 Å². The van der Waals surface area contributed by atoms with E-state index in [1.165, 1.54) is 50.1 Å². The second-order valence-corrected chi connectivity index (χ2v) is 5.71. The van der Waals surface area contributed by atoms with Crippen LogP contribution >= 0.6 is 0 Å². The number of ether oxygens (including phenoxy) is 1. The van der Waals surface area contributed by atoms with E-state index in [1.54, 1.807) is 0 Å². The number of rotatable bonds is 4. The van der Waals surface area contributed by atoms with Gasteiger partial charge < -0.3 is 15.0 Å². The SMILES string of the molecule is c1cc(N2CCCC2)ccc1NCC1CCCOC1. The van der Waals surface area contributed by atoms with Gasteiger partial charge in [-0.3, -0.25) is 0 Å². The van der Waals surface area contributed by atoms with Crippen molar-refractivity contribution in [1.82, 2.24) is 0 Å². The molecule has 104 valence electrons. The topological polar surface area (TPSA) is 24.5 Å². The van der Waals surface area contributed by atoms with Crippen molar-refractivity contribution < 1.29 is 4.74 Å². The van der Waals surface area contributed by atoms with Gasteiger partial charge in [0.25, 0.3) is 0 Å². The fourth-order valence-corrected chi connectivity index (χ4v) is 3.00. The minimum absolute atomic E-state index is 0.673. The highest BCUT2D eigenvalue weighted by molar-refractivity contribution is 5.55. The van der Waals surface area contributed by atoms with E-state index in [2.05, 4.69) is 34.5 Å². The molecule has 1 atom stereocenters. The molecule has 0 saturated carbocycles. The van der Waals surface area contributed by atoms with Crippen molar-refractivity contribution in [1.29, 1.82) is 0 Å². The van der Waals surface area contributed by atoms with Crippen LogP contribution in [-0.4, -0.2) is 32.8 Å². The van der Waals surface area contributed by atoms with Crippen LogP contribution in [0, 0.1) is 5.92 Å². The van der Waals surface area contributed by atoms with Gasteiger partial charge in [0, 0.05) is 37.6 Å². The van der Waals surface area contributed by atoms with Gasteiger partial charge in [0.1, 0.15) is 0 Å². The Morgan fingerprint density at radius 1 is 1.11 bits per heavy atom. The van der Waals surface area contributed by atoms with Crippen LogP contribution in [0.4, 0.5) is 11.4 Å². The van der Waals surface area contributed by atoms with Crippen LogP contribution in [0.5, 0.6) is 0 Å². The maximum Gasteiger partial charge on any atom is 0.0511 e. The highest BCUT2D eigenvalue weighted by Gasteiger charge is 2.14. The minimum atomic E-state index is 0.673. The standard InChI is InChI=1S/C16H24N2O/c1-2-10-18(9-1)16-7-5-15(6-8-16)17-12-14-4-3-11-19-13-14/h5-8,14,17H,1-4,9-13H2. The number of anilines is 2. The van der Waals surface area contributed by atoms with Crippen molar-refractivity contribution in [2.45, 2.75) is 25.7 Å². The van der Waals surface area contributed by atoms with E-state index >= 15 is 0 Å². The van der Waals surface area contributed by atoms with Gasteiger partial charge in [-0.2, -0.15) is 0 Å². The molecule has 2 saturated heterocycles. The molecule has 2 heterocycles. The molecule has 0 aromatic heterocycles. The predicted molar refractivity (Wildman–Crippen MR) is 79.9 cm³/mol. The molecular weight excluding hydrogens is 236 g/mol. The Kier molecular flexibility index (Phi) is 4.23. The summed E-state index contributed by atoms with van der Waals surface area (Å²) in [6.07, 6.45) is 5.17. The predicted octanol–water partition coefficient (Wildman–Crippen LogP) is 3.13. The highest BCUT2D eigenvalue weighted by atomic mass is 16.5. The largest absolute Gasteiger partial charge is 0.385 e. The first kappa shape index (κ1) is 12.8. The number of hydrogen-bond acceptors (Lipinski definition) is 3. The Morgan fingerprint density at radius 3 is 2.58 bits per heavy atom. The van der Waals surface area contributed by atoms with E-state index in [0.29, 0.717) is 5.92 Å². The lowest BCUT2D eigenvalue weighted by Gasteiger charge is -2.23. The van der Waals surface area contributed by atoms with Crippen molar-refractivity contribution in [3.8, 4) is 0 Å². The van der Waals surface area contributed by atoms with Crippen molar-refractivity contribution >= 4 is 11.4 Å². The first-order chi connectivity index (χ1) is 9.42. The van der Waals surface area contributed by atoms with Crippen LogP contribution < -0.4 is 10.2 Å². The molecule has 19 heavy (non-hydrogen) atoms. The molecule has 0 radical (unpaired) electrons. The van der Waals surface area contributed by atoms with Crippen LogP contribution in [0.15, 0.2) is 24.3 Å². The second-order valence-electron chi connectivity index (χ2n) is 5.71. The van der Waals surface area contributed by atoms with Crippen LogP contribution in [0.1, 0.15) is 25.7 Å². The second kappa shape index (κ2) is 6.29. The molecule has 3 nitrogen and oxygen atoms in total. The fraction of sp³-hybridized carbons (Fsp3) is 0.625. The lowest BCUT2D eigenvalue weighted by atomic mass is 10.0. The zero-order chi connectivity index (χ0) is 12.9. The van der Waals surface area contributed by atoms with E-state index in [0.717, 1.165) is 19.8 Å². The molecule has 1 aromatic carbocycles. The van der Waals surface area contributed by atoms with Crippen molar-refractivity contribution in [3.05, 3.63) is 24.3 Å². The molecule has 0 aliphatic carbocycles. The Labute approximate surface area is 115 Å². The smallest absolute Gasteiger partial charge is 0.0511 e. The highest BCUT2D eigenvalue weighted by Crippen LogP contribution is 2.22. The van der Waals surface area contributed by atoms with Crippen molar-refractivity contribution in [2.24, 2.45) is 5.92 Å². The maximum absolute atomic E-state index is 5.51. The summed E-state index contributed by atoms with van der Waals surface area (Å²) in [6, 6.07) is 8.89. The average molecular weight is 260 g/mol. The third kappa shape index (κ3) is 3.41. The Bertz CT molecular complexity index is 378. The Hall–Kier alpha value is -1.22. The van der Waals surface area contributed by atoms with Gasteiger partial charge >= 0.3 is 0 Å². The summed E-state index contributed by atoms with van der Waals surface area (Å²) in [4.78, 5) is 2.47.